The first kappa shape index (κ1) is 32.6. The fourth-order valence-electron chi connectivity index (χ4n) is 6.75. The number of carbonyl (C=O) groups excluding carboxylic acids is 1. The molecule has 1 aliphatic heterocycles. The van der Waals surface area contributed by atoms with Crippen LogP contribution in [0.3, 0.4) is 0 Å². The number of hydrogen-bond acceptors (Lipinski definition) is 4. The van der Waals surface area contributed by atoms with Gasteiger partial charge in [0.15, 0.2) is 0 Å². The minimum atomic E-state index is -0.140. The van der Waals surface area contributed by atoms with Crippen molar-refractivity contribution in [3.63, 3.8) is 0 Å². The summed E-state index contributed by atoms with van der Waals surface area (Å²) in [4.78, 5) is 19.2. The molecule has 0 radical (unpaired) electrons. The second kappa shape index (κ2) is 17.9. The fourth-order valence-corrected chi connectivity index (χ4v) is 6.75. The number of carbonyl (C=O) groups is 1. The molecule has 37 heavy (non-hydrogen) atoms. The van der Waals surface area contributed by atoms with Crippen LogP contribution in [0, 0.1) is 0 Å². The van der Waals surface area contributed by atoms with Crippen molar-refractivity contribution in [3.05, 3.63) is 0 Å². The highest BCUT2D eigenvalue weighted by molar-refractivity contribution is 5.69. The Hall–Kier alpha value is -0.610. The highest BCUT2D eigenvalue weighted by Gasteiger charge is 2.48. The van der Waals surface area contributed by atoms with Gasteiger partial charge < -0.3 is 4.74 Å². The molecule has 2 fully saturated rings. The van der Waals surface area contributed by atoms with Crippen LogP contribution in [0.15, 0.2) is 0 Å². The first-order valence-electron chi connectivity index (χ1n) is 16.4. The van der Waals surface area contributed by atoms with E-state index in [-0.39, 0.29) is 23.2 Å². The minimum Gasteiger partial charge on any atom is -0.462 e. The lowest BCUT2D eigenvalue weighted by molar-refractivity contribution is -0.318. The normalized spacial score (nSPS) is 20.8. The van der Waals surface area contributed by atoms with E-state index in [2.05, 4.69) is 39.7 Å². The third kappa shape index (κ3) is 13.3. The highest BCUT2D eigenvalue weighted by atomic mass is 16.7. The van der Waals surface area contributed by atoms with E-state index in [9.17, 15) is 4.79 Å². The number of rotatable bonds is 19. The molecule has 0 aromatic rings. The van der Waals surface area contributed by atoms with Crippen LogP contribution in [0.5, 0.6) is 0 Å². The molecule has 1 saturated carbocycles. The zero-order valence-electron chi connectivity index (χ0n) is 25.6. The SMILES string of the molecule is CCCCCCCCCCCCCCCCCC(=O)OC1CC(C)(C)N(OC2CCCCC2)C(C)(C)C1. The lowest BCUT2D eigenvalue weighted by atomic mass is 9.80. The monoisotopic (exact) mass is 521 g/mol. The maximum atomic E-state index is 12.6. The van der Waals surface area contributed by atoms with Crippen molar-refractivity contribution in [2.45, 2.75) is 206 Å². The van der Waals surface area contributed by atoms with Gasteiger partial charge in [-0.25, -0.2) is 0 Å². The average Bonchev–Trinajstić information content (AvgIpc) is 2.84. The summed E-state index contributed by atoms with van der Waals surface area (Å²) in [6, 6.07) is 0. The zero-order valence-corrected chi connectivity index (χ0v) is 25.6. The van der Waals surface area contributed by atoms with Crippen molar-refractivity contribution < 1.29 is 14.4 Å². The molecule has 0 spiro atoms. The molecule has 4 heteroatoms. The number of piperidine rings is 1. The number of hydroxylamine groups is 2. The molecule has 0 unspecified atom stereocenters. The van der Waals surface area contributed by atoms with Crippen molar-refractivity contribution >= 4 is 5.97 Å². The third-order valence-electron chi connectivity index (χ3n) is 8.64. The van der Waals surface area contributed by atoms with E-state index in [4.69, 9.17) is 9.57 Å². The molecule has 2 aliphatic rings. The molecule has 0 bridgehead atoms. The molecule has 0 aromatic heterocycles. The van der Waals surface area contributed by atoms with Crippen LogP contribution in [0.2, 0.25) is 0 Å². The van der Waals surface area contributed by atoms with Crippen LogP contribution in [0.25, 0.3) is 0 Å². The summed E-state index contributed by atoms with van der Waals surface area (Å²) in [6.07, 6.45) is 29.0. The molecule has 4 nitrogen and oxygen atoms in total. The molecule has 0 amide bonds. The van der Waals surface area contributed by atoms with Crippen LogP contribution < -0.4 is 0 Å². The molecule has 0 N–H and O–H groups in total. The third-order valence-corrected chi connectivity index (χ3v) is 8.64. The van der Waals surface area contributed by atoms with Gasteiger partial charge in [-0.15, -0.1) is 0 Å². The molecule has 0 atom stereocenters. The maximum absolute atomic E-state index is 12.6. The van der Waals surface area contributed by atoms with Gasteiger partial charge >= 0.3 is 5.97 Å². The number of nitrogens with zero attached hydrogens (tertiary/aromatic N) is 1. The molecule has 1 aliphatic carbocycles. The van der Waals surface area contributed by atoms with E-state index in [0.717, 1.165) is 25.7 Å². The molecular weight excluding hydrogens is 458 g/mol. The van der Waals surface area contributed by atoms with Gasteiger partial charge in [-0.05, 0) is 47.0 Å². The van der Waals surface area contributed by atoms with E-state index in [1.165, 1.54) is 116 Å². The first-order chi connectivity index (χ1) is 17.7. The standard InChI is InChI=1S/C33H63NO3/c1-6-7-8-9-10-11-12-13-14-15-16-17-18-19-23-26-31(35)36-30-27-32(2,3)34(33(4,5)28-30)37-29-24-21-20-22-25-29/h29-30H,6-28H2,1-5H3. The molecule has 2 rings (SSSR count). The van der Waals surface area contributed by atoms with Crippen LogP contribution in [-0.2, 0) is 14.4 Å². The van der Waals surface area contributed by atoms with E-state index in [0.29, 0.717) is 12.5 Å². The van der Waals surface area contributed by atoms with Crippen molar-refractivity contribution in [2.24, 2.45) is 0 Å². The summed E-state index contributed by atoms with van der Waals surface area (Å²) in [6.45, 7) is 11.3. The van der Waals surface area contributed by atoms with E-state index < -0.39 is 0 Å². The Morgan fingerprint density at radius 3 is 1.54 bits per heavy atom. The Morgan fingerprint density at radius 2 is 1.08 bits per heavy atom. The Bertz CT molecular complexity index is 578. The molecular formula is C33H63NO3. The highest BCUT2D eigenvalue weighted by Crippen LogP contribution is 2.41. The zero-order chi connectivity index (χ0) is 27.0. The second-order valence-corrected chi connectivity index (χ2v) is 13.5. The summed E-state index contributed by atoms with van der Waals surface area (Å²) in [5.41, 5.74) is -0.280. The fraction of sp³-hybridized carbons (Fsp3) is 0.970. The molecule has 1 heterocycles. The number of hydrogen-bond donors (Lipinski definition) is 0. The summed E-state index contributed by atoms with van der Waals surface area (Å²) in [5, 5.41) is 2.25. The smallest absolute Gasteiger partial charge is 0.306 e. The topological polar surface area (TPSA) is 38.8 Å². The Labute approximate surface area is 231 Å². The predicted molar refractivity (Wildman–Crippen MR) is 157 cm³/mol. The van der Waals surface area contributed by atoms with Gasteiger partial charge in [-0.1, -0.05) is 116 Å². The Kier molecular flexibility index (Phi) is 15.7. The lowest BCUT2D eigenvalue weighted by Gasteiger charge is -2.54. The molecule has 218 valence electrons. The summed E-state index contributed by atoms with van der Waals surface area (Å²) in [5.74, 6) is -0.00653. The van der Waals surface area contributed by atoms with Gasteiger partial charge in [0.05, 0.1) is 6.10 Å². The van der Waals surface area contributed by atoms with Gasteiger partial charge in [-0.3, -0.25) is 9.63 Å². The molecule has 1 saturated heterocycles. The van der Waals surface area contributed by atoms with E-state index in [1.807, 2.05) is 0 Å². The van der Waals surface area contributed by atoms with Crippen LogP contribution in [0.4, 0.5) is 0 Å². The second-order valence-electron chi connectivity index (χ2n) is 13.5. The predicted octanol–water partition coefficient (Wildman–Crippen LogP) is 10.1. The number of ether oxygens (including phenoxy) is 1. The van der Waals surface area contributed by atoms with Crippen LogP contribution in [-0.4, -0.2) is 34.3 Å². The van der Waals surface area contributed by atoms with Crippen molar-refractivity contribution in [1.82, 2.24) is 5.06 Å². The maximum Gasteiger partial charge on any atom is 0.306 e. The first-order valence-corrected chi connectivity index (χ1v) is 16.4. The number of unbranched alkanes of at least 4 members (excludes halogenated alkanes) is 14. The van der Waals surface area contributed by atoms with Gasteiger partial charge in [0.1, 0.15) is 6.10 Å². The molecule has 0 aromatic carbocycles. The Balaban J connectivity index is 1.50. The summed E-state index contributed by atoms with van der Waals surface area (Å²) >= 11 is 0. The van der Waals surface area contributed by atoms with E-state index in [1.54, 1.807) is 0 Å². The van der Waals surface area contributed by atoms with Crippen LogP contribution >= 0.6 is 0 Å². The van der Waals surface area contributed by atoms with E-state index >= 15 is 0 Å². The largest absolute Gasteiger partial charge is 0.462 e. The van der Waals surface area contributed by atoms with Crippen molar-refractivity contribution in [1.29, 1.82) is 0 Å². The Morgan fingerprint density at radius 1 is 0.649 bits per heavy atom. The summed E-state index contributed by atoms with van der Waals surface area (Å²) < 4.78 is 6.00. The van der Waals surface area contributed by atoms with Gasteiger partial charge in [0.2, 0.25) is 0 Å². The minimum absolute atomic E-state index is 0.00653. The van der Waals surface area contributed by atoms with Crippen LogP contribution in [0.1, 0.15) is 182 Å². The average molecular weight is 522 g/mol. The number of esters is 1. The van der Waals surface area contributed by atoms with Crippen molar-refractivity contribution in [3.8, 4) is 0 Å². The van der Waals surface area contributed by atoms with Crippen molar-refractivity contribution in [2.75, 3.05) is 0 Å². The lowest BCUT2D eigenvalue weighted by Crippen LogP contribution is -2.63. The quantitative estimate of drug-likeness (QED) is 0.125. The summed E-state index contributed by atoms with van der Waals surface area (Å²) in [7, 11) is 0. The van der Waals surface area contributed by atoms with Gasteiger partial charge in [0.25, 0.3) is 0 Å². The van der Waals surface area contributed by atoms with Gasteiger partial charge in [0, 0.05) is 30.3 Å². The van der Waals surface area contributed by atoms with Gasteiger partial charge in [-0.2, -0.15) is 5.06 Å².